The average molecular weight is 537 g/mol. The number of carbonyl (C=O) groups excluding carboxylic acids is 1. The second-order valence-electron chi connectivity index (χ2n) is 9.16. The van der Waals surface area contributed by atoms with Crippen molar-refractivity contribution in [2.24, 2.45) is 10.7 Å². The van der Waals surface area contributed by atoms with Crippen molar-refractivity contribution in [2.75, 3.05) is 33.9 Å². The molecule has 3 aromatic carbocycles. The first kappa shape index (κ1) is 25.9. The van der Waals surface area contributed by atoms with Crippen LogP contribution in [0.5, 0.6) is 5.75 Å². The smallest absolute Gasteiger partial charge is 0.336 e. The minimum absolute atomic E-state index is 0.00816. The highest BCUT2D eigenvalue weighted by molar-refractivity contribution is 7.83. The molecule has 11 heteroatoms. The van der Waals surface area contributed by atoms with E-state index >= 15 is 0 Å². The summed E-state index contributed by atoms with van der Waals surface area (Å²) in [6, 6.07) is 21.3. The first-order chi connectivity index (χ1) is 18.1. The van der Waals surface area contributed by atoms with Gasteiger partial charge in [-0.2, -0.15) is 12.7 Å². The second-order valence-corrected chi connectivity index (χ2v) is 10.5. The maximum absolute atomic E-state index is 13.8. The van der Waals surface area contributed by atoms with Crippen LogP contribution in [0.25, 0.3) is 11.1 Å². The van der Waals surface area contributed by atoms with Crippen LogP contribution in [-0.2, 0) is 25.4 Å². The number of guanidine groups is 1. The van der Waals surface area contributed by atoms with E-state index in [0.29, 0.717) is 22.4 Å². The highest BCUT2D eigenvalue weighted by Gasteiger charge is 2.50. The zero-order valence-electron chi connectivity index (χ0n) is 20.9. The zero-order chi connectivity index (χ0) is 27.1. The number of morpholine rings is 1. The van der Waals surface area contributed by atoms with Crippen LogP contribution in [0.2, 0.25) is 0 Å². The van der Waals surface area contributed by atoms with E-state index in [1.54, 1.807) is 38.4 Å². The summed E-state index contributed by atoms with van der Waals surface area (Å²) >= 11 is 0. The van der Waals surface area contributed by atoms with Gasteiger partial charge >= 0.3 is 10.3 Å². The third kappa shape index (κ3) is 4.43. The fourth-order valence-electron chi connectivity index (χ4n) is 5.01. The number of nitrogens with zero attached hydrogens (tertiary/aromatic N) is 3. The van der Waals surface area contributed by atoms with Gasteiger partial charge in [-0.05, 0) is 46.0 Å². The maximum Gasteiger partial charge on any atom is 0.336 e. The van der Waals surface area contributed by atoms with Gasteiger partial charge in [-0.25, -0.2) is 4.99 Å². The highest BCUT2D eigenvalue weighted by atomic mass is 32.2. The Bertz CT molecular complexity index is 1530. The molecule has 0 spiro atoms. The SMILES string of the molecule is COc1cccc(-c2cccc(C3(c4cccc(C5COCCN5S(=O)(=O)O)c4)N=C(N)N(C)C3=O)c2)c1. The summed E-state index contributed by atoms with van der Waals surface area (Å²) in [5.41, 5.74) is 8.08. The number of nitrogens with two attached hydrogens (primary N) is 1. The van der Waals surface area contributed by atoms with Gasteiger partial charge in [0.25, 0.3) is 5.91 Å². The predicted octanol–water partition coefficient (Wildman–Crippen LogP) is 2.57. The molecule has 2 atom stereocenters. The highest BCUT2D eigenvalue weighted by Crippen LogP contribution is 2.42. The van der Waals surface area contributed by atoms with Crippen molar-refractivity contribution in [3.63, 3.8) is 0 Å². The Kier molecular flexibility index (Phi) is 6.70. The minimum Gasteiger partial charge on any atom is -0.497 e. The summed E-state index contributed by atoms with van der Waals surface area (Å²) in [5.74, 6) is 0.418. The van der Waals surface area contributed by atoms with E-state index in [0.717, 1.165) is 15.4 Å². The van der Waals surface area contributed by atoms with E-state index in [1.807, 2.05) is 48.5 Å². The van der Waals surface area contributed by atoms with E-state index in [1.165, 1.54) is 4.90 Å². The van der Waals surface area contributed by atoms with Gasteiger partial charge in [0.1, 0.15) is 5.75 Å². The summed E-state index contributed by atoms with van der Waals surface area (Å²) in [6.07, 6.45) is 0. The molecule has 0 aliphatic carbocycles. The van der Waals surface area contributed by atoms with E-state index in [-0.39, 0.29) is 31.6 Å². The van der Waals surface area contributed by atoms with Crippen LogP contribution in [0.4, 0.5) is 0 Å². The van der Waals surface area contributed by atoms with Gasteiger partial charge in [-0.1, -0.05) is 54.6 Å². The number of amides is 1. The Balaban J connectivity index is 1.66. The van der Waals surface area contributed by atoms with Crippen LogP contribution in [-0.4, -0.2) is 68.0 Å². The van der Waals surface area contributed by atoms with E-state index < -0.39 is 21.9 Å². The fourth-order valence-corrected chi connectivity index (χ4v) is 5.82. The van der Waals surface area contributed by atoms with Crippen LogP contribution < -0.4 is 10.5 Å². The molecular formula is C27H28N4O6S. The molecule has 2 aliphatic rings. The van der Waals surface area contributed by atoms with Crippen molar-refractivity contribution < 1.29 is 27.2 Å². The molecule has 1 amide bonds. The number of methoxy groups -OCH3 is 1. The predicted molar refractivity (Wildman–Crippen MR) is 142 cm³/mol. The Labute approximate surface area is 221 Å². The molecule has 1 saturated heterocycles. The Morgan fingerprint density at radius 3 is 2.37 bits per heavy atom. The maximum atomic E-state index is 13.8. The summed E-state index contributed by atoms with van der Waals surface area (Å²) in [4.78, 5) is 19.8. The fraction of sp³-hybridized carbons (Fsp3) is 0.259. The number of hydrogen-bond donors (Lipinski definition) is 2. The van der Waals surface area contributed by atoms with Crippen LogP contribution in [0.1, 0.15) is 22.7 Å². The number of likely N-dealkylation sites (N-methyl/N-ethyl adjacent to an activating group) is 1. The number of ether oxygens (including phenoxy) is 2. The van der Waals surface area contributed by atoms with Crippen molar-refractivity contribution >= 4 is 22.2 Å². The quantitative estimate of drug-likeness (QED) is 0.463. The molecule has 0 saturated carbocycles. The Morgan fingerprint density at radius 1 is 1.05 bits per heavy atom. The Hall–Kier alpha value is -3.77. The molecule has 2 aliphatic heterocycles. The summed E-state index contributed by atoms with van der Waals surface area (Å²) < 4.78 is 45.8. The van der Waals surface area contributed by atoms with Crippen LogP contribution in [0.3, 0.4) is 0 Å². The molecule has 3 N–H and O–H groups in total. The van der Waals surface area contributed by atoms with Crippen molar-refractivity contribution in [1.82, 2.24) is 9.21 Å². The van der Waals surface area contributed by atoms with Gasteiger partial charge in [0.2, 0.25) is 0 Å². The molecule has 3 aromatic rings. The first-order valence-electron chi connectivity index (χ1n) is 12.0. The Morgan fingerprint density at radius 2 is 1.71 bits per heavy atom. The van der Waals surface area contributed by atoms with E-state index in [2.05, 4.69) is 4.99 Å². The van der Waals surface area contributed by atoms with Crippen molar-refractivity contribution in [2.45, 2.75) is 11.6 Å². The molecule has 38 heavy (non-hydrogen) atoms. The van der Waals surface area contributed by atoms with Crippen molar-refractivity contribution in [3.05, 3.63) is 89.5 Å². The summed E-state index contributed by atoms with van der Waals surface area (Å²) in [5, 5.41) is 0. The topological polar surface area (TPSA) is 135 Å². The van der Waals surface area contributed by atoms with E-state index in [9.17, 15) is 17.8 Å². The summed E-state index contributed by atoms with van der Waals surface area (Å²) in [7, 11) is -1.31. The number of carbonyl (C=O) groups is 1. The van der Waals surface area contributed by atoms with Crippen molar-refractivity contribution in [1.29, 1.82) is 0 Å². The molecule has 0 radical (unpaired) electrons. The lowest BCUT2D eigenvalue weighted by atomic mass is 9.80. The molecule has 0 aromatic heterocycles. The van der Waals surface area contributed by atoms with Gasteiger partial charge in [-0.3, -0.25) is 14.2 Å². The lowest BCUT2D eigenvalue weighted by molar-refractivity contribution is -0.129. The normalized spacial score (nSPS) is 22.4. The van der Waals surface area contributed by atoms with Gasteiger partial charge in [0.05, 0.1) is 26.4 Å². The first-order valence-corrected chi connectivity index (χ1v) is 13.4. The number of aliphatic imine (C=N–C) groups is 1. The minimum atomic E-state index is -4.47. The summed E-state index contributed by atoms with van der Waals surface area (Å²) in [6.45, 7) is 0.232. The van der Waals surface area contributed by atoms with Gasteiger partial charge in [-0.15, -0.1) is 0 Å². The third-order valence-corrected chi connectivity index (χ3v) is 8.02. The van der Waals surface area contributed by atoms with Gasteiger partial charge < -0.3 is 15.2 Å². The molecule has 1 fully saturated rings. The van der Waals surface area contributed by atoms with Crippen LogP contribution >= 0.6 is 0 Å². The molecule has 2 heterocycles. The van der Waals surface area contributed by atoms with Crippen molar-refractivity contribution in [3.8, 4) is 16.9 Å². The molecular weight excluding hydrogens is 508 g/mol. The molecule has 198 valence electrons. The van der Waals surface area contributed by atoms with Crippen LogP contribution in [0.15, 0.2) is 77.8 Å². The van der Waals surface area contributed by atoms with Crippen LogP contribution in [0, 0.1) is 0 Å². The average Bonchev–Trinajstić information content (AvgIpc) is 3.17. The lowest BCUT2D eigenvalue weighted by Crippen LogP contribution is -2.43. The number of benzene rings is 3. The number of hydrogen-bond acceptors (Lipinski definition) is 7. The molecule has 10 nitrogen and oxygen atoms in total. The molecule has 2 unspecified atom stereocenters. The monoisotopic (exact) mass is 536 g/mol. The van der Waals surface area contributed by atoms with Gasteiger partial charge in [0.15, 0.2) is 11.5 Å². The van der Waals surface area contributed by atoms with E-state index in [4.69, 9.17) is 15.2 Å². The third-order valence-electron chi connectivity index (χ3n) is 6.99. The number of rotatable bonds is 6. The largest absolute Gasteiger partial charge is 0.497 e. The molecule has 0 bridgehead atoms. The zero-order valence-corrected chi connectivity index (χ0v) is 21.8. The molecule has 5 rings (SSSR count). The standard InChI is InChI=1S/C27H28N4O6S/c1-30-25(32)27(29-26(30)28,21-9-3-6-18(14-21)19-7-5-11-23(16-19)36-2)22-10-4-8-20(15-22)24-17-37-13-12-31(24)38(33,34)35/h3-11,14-16,24H,12-13,17H2,1-2H3,(H2,28,29)(H,33,34,35). The second kappa shape index (κ2) is 9.84. The van der Waals surface area contributed by atoms with Gasteiger partial charge in [0, 0.05) is 13.6 Å². The lowest BCUT2D eigenvalue weighted by Gasteiger charge is -2.33.